The maximum atomic E-state index is 12.7. The van der Waals surface area contributed by atoms with E-state index in [0.717, 1.165) is 24.2 Å². The van der Waals surface area contributed by atoms with E-state index in [-0.39, 0.29) is 11.9 Å². The Bertz CT molecular complexity index is 593. The van der Waals surface area contributed by atoms with Crippen LogP contribution in [-0.2, 0) is 4.79 Å². The fourth-order valence-electron chi connectivity index (χ4n) is 2.48. The van der Waals surface area contributed by atoms with Crippen LogP contribution in [0.15, 0.2) is 54.6 Å². The highest BCUT2D eigenvalue weighted by Crippen LogP contribution is 2.17. The molecule has 1 amide bonds. The molecule has 0 unspecified atom stereocenters. The maximum Gasteiger partial charge on any atom is 0.246 e. The SMILES string of the molecule is CCCCCN[C@H](C(=O)Nc1ccc(C)cc1)c1ccccc1. The Balaban J connectivity index is 2.05. The zero-order chi connectivity index (χ0) is 16.5. The number of hydrogen-bond donors (Lipinski definition) is 2. The summed E-state index contributed by atoms with van der Waals surface area (Å²) in [5.41, 5.74) is 3.01. The third kappa shape index (κ3) is 5.53. The van der Waals surface area contributed by atoms with Gasteiger partial charge in [0.05, 0.1) is 0 Å². The van der Waals surface area contributed by atoms with Crippen molar-refractivity contribution in [2.24, 2.45) is 0 Å². The van der Waals surface area contributed by atoms with Gasteiger partial charge in [-0.2, -0.15) is 0 Å². The molecule has 2 aromatic rings. The Kier molecular flexibility index (Phi) is 6.82. The van der Waals surface area contributed by atoms with Gasteiger partial charge in [0.15, 0.2) is 0 Å². The van der Waals surface area contributed by atoms with E-state index in [1.54, 1.807) is 0 Å². The molecule has 0 saturated heterocycles. The molecule has 0 fully saturated rings. The molecule has 2 aromatic carbocycles. The summed E-state index contributed by atoms with van der Waals surface area (Å²) in [6.07, 6.45) is 3.43. The van der Waals surface area contributed by atoms with E-state index in [4.69, 9.17) is 0 Å². The van der Waals surface area contributed by atoms with Crippen LogP contribution in [0, 0.1) is 6.92 Å². The van der Waals surface area contributed by atoms with Gasteiger partial charge in [-0.15, -0.1) is 0 Å². The molecule has 122 valence electrons. The van der Waals surface area contributed by atoms with Gasteiger partial charge in [-0.3, -0.25) is 4.79 Å². The van der Waals surface area contributed by atoms with Crippen molar-refractivity contribution in [3.63, 3.8) is 0 Å². The van der Waals surface area contributed by atoms with Crippen molar-refractivity contribution < 1.29 is 4.79 Å². The highest BCUT2D eigenvalue weighted by molar-refractivity contribution is 5.95. The molecule has 1 atom stereocenters. The van der Waals surface area contributed by atoms with Crippen LogP contribution in [0.25, 0.3) is 0 Å². The van der Waals surface area contributed by atoms with Gasteiger partial charge in [-0.25, -0.2) is 0 Å². The van der Waals surface area contributed by atoms with Crippen molar-refractivity contribution in [2.75, 3.05) is 11.9 Å². The Hall–Kier alpha value is -2.13. The lowest BCUT2D eigenvalue weighted by Crippen LogP contribution is -2.33. The lowest BCUT2D eigenvalue weighted by atomic mass is 10.1. The quantitative estimate of drug-likeness (QED) is 0.707. The molecule has 0 aromatic heterocycles. The molecular weight excluding hydrogens is 284 g/mol. The Morgan fingerprint density at radius 3 is 2.35 bits per heavy atom. The van der Waals surface area contributed by atoms with Crippen molar-refractivity contribution in [1.29, 1.82) is 0 Å². The highest BCUT2D eigenvalue weighted by Gasteiger charge is 2.19. The molecule has 0 aliphatic carbocycles. The van der Waals surface area contributed by atoms with Crippen molar-refractivity contribution in [3.8, 4) is 0 Å². The van der Waals surface area contributed by atoms with Crippen LogP contribution in [0.5, 0.6) is 0 Å². The van der Waals surface area contributed by atoms with E-state index >= 15 is 0 Å². The fraction of sp³-hybridized carbons (Fsp3) is 0.350. The van der Waals surface area contributed by atoms with Gasteiger partial charge in [-0.05, 0) is 37.6 Å². The van der Waals surface area contributed by atoms with Crippen LogP contribution in [0.4, 0.5) is 5.69 Å². The number of unbranched alkanes of at least 4 members (excludes halogenated alkanes) is 2. The van der Waals surface area contributed by atoms with E-state index in [9.17, 15) is 4.79 Å². The molecule has 3 nitrogen and oxygen atoms in total. The Labute approximate surface area is 139 Å². The number of nitrogens with one attached hydrogen (secondary N) is 2. The third-order valence-electron chi connectivity index (χ3n) is 3.84. The summed E-state index contributed by atoms with van der Waals surface area (Å²) >= 11 is 0. The number of hydrogen-bond acceptors (Lipinski definition) is 2. The second-order valence-corrected chi connectivity index (χ2v) is 5.86. The number of aryl methyl sites for hydroxylation is 1. The second-order valence-electron chi connectivity index (χ2n) is 5.86. The number of rotatable bonds is 8. The van der Waals surface area contributed by atoms with Crippen LogP contribution >= 0.6 is 0 Å². The minimum atomic E-state index is -0.325. The molecule has 0 heterocycles. The molecule has 3 heteroatoms. The van der Waals surface area contributed by atoms with E-state index in [0.29, 0.717) is 0 Å². The highest BCUT2D eigenvalue weighted by atomic mass is 16.2. The first-order valence-corrected chi connectivity index (χ1v) is 8.36. The first kappa shape index (κ1) is 17.2. The molecule has 0 aliphatic heterocycles. The van der Waals surface area contributed by atoms with Crippen LogP contribution in [-0.4, -0.2) is 12.5 Å². The molecule has 2 N–H and O–H groups in total. The number of amides is 1. The van der Waals surface area contributed by atoms with Gasteiger partial charge >= 0.3 is 0 Å². The van der Waals surface area contributed by atoms with Gasteiger partial charge in [-0.1, -0.05) is 67.8 Å². The summed E-state index contributed by atoms with van der Waals surface area (Å²) in [6, 6.07) is 17.4. The number of carbonyl (C=O) groups is 1. The molecule has 0 aliphatic rings. The average molecular weight is 310 g/mol. The Morgan fingerprint density at radius 2 is 1.70 bits per heavy atom. The minimum Gasteiger partial charge on any atom is -0.324 e. The zero-order valence-corrected chi connectivity index (χ0v) is 14.0. The Morgan fingerprint density at radius 1 is 1.00 bits per heavy atom. The summed E-state index contributed by atoms with van der Waals surface area (Å²) < 4.78 is 0. The normalized spacial score (nSPS) is 11.9. The predicted octanol–water partition coefficient (Wildman–Crippen LogP) is 4.45. The summed E-state index contributed by atoms with van der Waals surface area (Å²) in [6.45, 7) is 5.06. The van der Waals surface area contributed by atoms with E-state index in [1.807, 2.05) is 61.5 Å². The molecular formula is C20H26N2O. The zero-order valence-electron chi connectivity index (χ0n) is 14.0. The number of benzene rings is 2. The topological polar surface area (TPSA) is 41.1 Å². The monoisotopic (exact) mass is 310 g/mol. The molecule has 0 saturated carbocycles. The summed E-state index contributed by atoms with van der Waals surface area (Å²) in [7, 11) is 0. The summed E-state index contributed by atoms with van der Waals surface area (Å²) in [4.78, 5) is 12.7. The smallest absolute Gasteiger partial charge is 0.246 e. The van der Waals surface area contributed by atoms with Crippen LogP contribution in [0.2, 0.25) is 0 Å². The molecule has 0 spiro atoms. The lowest BCUT2D eigenvalue weighted by molar-refractivity contribution is -0.118. The van der Waals surface area contributed by atoms with Crippen LogP contribution in [0.3, 0.4) is 0 Å². The molecule has 2 rings (SSSR count). The first-order chi connectivity index (χ1) is 11.2. The van der Waals surface area contributed by atoms with Gasteiger partial charge in [0.25, 0.3) is 0 Å². The maximum absolute atomic E-state index is 12.7. The summed E-state index contributed by atoms with van der Waals surface area (Å²) in [5.74, 6) is -0.0171. The predicted molar refractivity (Wildman–Crippen MR) is 96.5 cm³/mol. The van der Waals surface area contributed by atoms with Gasteiger partial charge in [0.1, 0.15) is 6.04 Å². The number of anilines is 1. The van der Waals surface area contributed by atoms with E-state index in [2.05, 4.69) is 17.6 Å². The van der Waals surface area contributed by atoms with E-state index < -0.39 is 0 Å². The lowest BCUT2D eigenvalue weighted by Gasteiger charge is -2.19. The fourth-order valence-corrected chi connectivity index (χ4v) is 2.48. The van der Waals surface area contributed by atoms with Crippen molar-refractivity contribution >= 4 is 11.6 Å². The van der Waals surface area contributed by atoms with E-state index in [1.165, 1.54) is 18.4 Å². The minimum absolute atomic E-state index is 0.0171. The molecule has 0 bridgehead atoms. The van der Waals surface area contributed by atoms with Crippen molar-refractivity contribution in [2.45, 2.75) is 39.2 Å². The van der Waals surface area contributed by atoms with Crippen molar-refractivity contribution in [1.82, 2.24) is 5.32 Å². The van der Waals surface area contributed by atoms with Crippen LogP contribution < -0.4 is 10.6 Å². The largest absolute Gasteiger partial charge is 0.324 e. The van der Waals surface area contributed by atoms with Gasteiger partial charge in [0.2, 0.25) is 5.91 Å². The third-order valence-corrected chi connectivity index (χ3v) is 3.84. The first-order valence-electron chi connectivity index (χ1n) is 8.36. The number of carbonyl (C=O) groups excluding carboxylic acids is 1. The molecule has 0 radical (unpaired) electrons. The van der Waals surface area contributed by atoms with Crippen LogP contribution in [0.1, 0.15) is 43.4 Å². The molecule has 23 heavy (non-hydrogen) atoms. The standard InChI is InChI=1S/C20H26N2O/c1-3-4-8-15-21-19(17-9-6-5-7-10-17)20(23)22-18-13-11-16(2)12-14-18/h5-7,9-14,19,21H,3-4,8,15H2,1-2H3,(H,22,23)/t19-/m0/s1. The second kappa shape index (κ2) is 9.11. The van der Waals surface area contributed by atoms with Crippen molar-refractivity contribution in [3.05, 3.63) is 65.7 Å². The van der Waals surface area contributed by atoms with Gasteiger partial charge < -0.3 is 10.6 Å². The van der Waals surface area contributed by atoms with Gasteiger partial charge in [0, 0.05) is 5.69 Å². The summed E-state index contributed by atoms with van der Waals surface area (Å²) in [5, 5.41) is 6.40. The average Bonchev–Trinajstić information content (AvgIpc) is 2.58.